The van der Waals surface area contributed by atoms with Gasteiger partial charge in [-0.1, -0.05) is 54.3 Å². The van der Waals surface area contributed by atoms with Gasteiger partial charge in [-0.3, -0.25) is 4.79 Å². The summed E-state index contributed by atoms with van der Waals surface area (Å²) < 4.78 is 0. The number of anilines is 5. The van der Waals surface area contributed by atoms with Crippen molar-refractivity contribution < 1.29 is 4.79 Å². The first-order valence-electron chi connectivity index (χ1n) is 12.5. The van der Waals surface area contributed by atoms with Gasteiger partial charge >= 0.3 is 0 Å². The van der Waals surface area contributed by atoms with E-state index in [2.05, 4.69) is 45.0 Å². The largest absolute Gasteiger partial charge is 0.340 e. The maximum atomic E-state index is 13.5. The first-order chi connectivity index (χ1) is 17.9. The summed E-state index contributed by atoms with van der Waals surface area (Å²) in [6, 6.07) is 25.4. The lowest BCUT2D eigenvalue weighted by Crippen LogP contribution is -2.37. The van der Waals surface area contributed by atoms with Crippen LogP contribution in [-0.4, -0.2) is 15.9 Å². The molecule has 3 N–H and O–H groups in total. The van der Waals surface area contributed by atoms with Gasteiger partial charge in [0.05, 0.1) is 5.41 Å². The maximum absolute atomic E-state index is 13.5. The Balaban J connectivity index is 1.27. The summed E-state index contributed by atoms with van der Waals surface area (Å²) >= 11 is 6.09. The third-order valence-corrected chi connectivity index (χ3v) is 7.12. The number of rotatable bonds is 7. The zero-order valence-electron chi connectivity index (χ0n) is 21.0. The summed E-state index contributed by atoms with van der Waals surface area (Å²) in [6.45, 7) is 4.00. The van der Waals surface area contributed by atoms with Gasteiger partial charge in [-0.2, -0.15) is 4.98 Å². The van der Waals surface area contributed by atoms with Crippen molar-refractivity contribution in [3.63, 3.8) is 0 Å². The van der Waals surface area contributed by atoms with Crippen LogP contribution in [0.1, 0.15) is 42.5 Å². The van der Waals surface area contributed by atoms with Crippen molar-refractivity contribution >= 4 is 46.3 Å². The molecular formula is C30H30ClN5O. The van der Waals surface area contributed by atoms with E-state index in [-0.39, 0.29) is 5.91 Å². The summed E-state index contributed by atoms with van der Waals surface area (Å²) in [6.07, 6.45) is 3.75. The van der Waals surface area contributed by atoms with Crippen LogP contribution in [0.4, 0.5) is 28.8 Å². The van der Waals surface area contributed by atoms with E-state index >= 15 is 0 Å². The van der Waals surface area contributed by atoms with Gasteiger partial charge in [0.15, 0.2) is 0 Å². The van der Waals surface area contributed by atoms with Crippen LogP contribution >= 0.6 is 11.6 Å². The zero-order chi connectivity index (χ0) is 25.8. The van der Waals surface area contributed by atoms with E-state index in [4.69, 9.17) is 11.6 Å². The summed E-state index contributed by atoms with van der Waals surface area (Å²) in [5.41, 5.74) is 5.11. The van der Waals surface area contributed by atoms with Gasteiger partial charge in [-0.05, 0) is 80.8 Å². The molecule has 188 valence electrons. The molecule has 0 radical (unpaired) electrons. The van der Waals surface area contributed by atoms with Gasteiger partial charge in [-0.15, -0.1) is 0 Å². The highest BCUT2D eigenvalue weighted by Gasteiger charge is 2.42. The Labute approximate surface area is 222 Å². The topological polar surface area (TPSA) is 78.9 Å². The van der Waals surface area contributed by atoms with Crippen LogP contribution in [0.15, 0.2) is 78.9 Å². The summed E-state index contributed by atoms with van der Waals surface area (Å²) in [5.74, 6) is 1.24. The highest BCUT2D eigenvalue weighted by atomic mass is 35.5. The van der Waals surface area contributed by atoms with Crippen LogP contribution in [0.5, 0.6) is 0 Å². The number of halogens is 1. The number of aryl methyl sites for hydroxylation is 2. The minimum Gasteiger partial charge on any atom is -0.340 e. The van der Waals surface area contributed by atoms with E-state index in [1.807, 2.05) is 73.7 Å². The fraction of sp³-hybridized carbons (Fsp3) is 0.233. The molecule has 1 aliphatic carbocycles. The number of amides is 1. The van der Waals surface area contributed by atoms with Gasteiger partial charge in [0, 0.05) is 33.8 Å². The minimum absolute atomic E-state index is 0.0295. The molecule has 4 aromatic rings. The van der Waals surface area contributed by atoms with Crippen LogP contribution in [0, 0.1) is 13.8 Å². The number of carbonyl (C=O) groups excluding carboxylic acids is 1. The SMILES string of the molecule is Cc1ccc(Nc2cc(C)nc(Nc3ccc(NC(=O)C4(c5ccc(Cl)cc5)CCCC4)cc3)n2)cc1. The predicted octanol–water partition coefficient (Wildman–Crippen LogP) is 7.68. The van der Waals surface area contributed by atoms with Gasteiger partial charge in [0.25, 0.3) is 0 Å². The molecule has 3 aromatic carbocycles. The van der Waals surface area contributed by atoms with Gasteiger partial charge in [0.2, 0.25) is 11.9 Å². The number of nitrogens with zero attached hydrogens (tertiary/aromatic N) is 2. The lowest BCUT2D eigenvalue weighted by Gasteiger charge is -2.28. The first kappa shape index (κ1) is 24.8. The normalized spacial score (nSPS) is 14.2. The number of benzene rings is 3. The zero-order valence-corrected chi connectivity index (χ0v) is 21.8. The standard InChI is InChI=1S/C30H30ClN5O/c1-20-5-11-24(12-6-20)33-27-19-21(2)32-29(36-27)35-26-15-13-25(14-16-26)34-28(37)30(17-3-4-18-30)22-7-9-23(31)10-8-22/h5-16,19H,3-4,17-18H2,1-2H3,(H,34,37)(H2,32,33,35,36). The van der Waals surface area contributed by atoms with Crippen molar-refractivity contribution in [3.05, 3.63) is 101 Å². The lowest BCUT2D eigenvalue weighted by atomic mass is 9.78. The van der Waals surface area contributed by atoms with Crippen molar-refractivity contribution in [3.8, 4) is 0 Å². The molecule has 0 unspecified atom stereocenters. The Morgan fingerprint density at radius 1 is 0.784 bits per heavy atom. The number of aromatic nitrogens is 2. The van der Waals surface area contributed by atoms with E-state index in [1.54, 1.807) is 0 Å². The number of hydrogen-bond acceptors (Lipinski definition) is 5. The molecule has 5 rings (SSSR count). The van der Waals surface area contributed by atoms with Crippen molar-refractivity contribution in [2.24, 2.45) is 0 Å². The Morgan fingerprint density at radius 3 is 2.05 bits per heavy atom. The van der Waals surface area contributed by atoms with E-state index in [9.17, 15) is 4.79 Å². The second-order valence-corrected chi connectivity index (χ2v) is 10.1. The van der Waals surface area contributed by atoms with E-state index in [0.29, 0.717) is 16.8 Å². The number of hydrogen-bond donors (Lipinski definition) is 3. The van der Waals surface area contributed by atoms with Crippen LogP contribution < -0.4 is 16.0 Å². The molecule has 37 heavy (non-hydrogen) atoms. The average molecular weight is 512 g/mol. The number of nitrogens with one attached hydrogen (secondary N) is 3. The molecule has 0 spiro atoms. The molecule has 0 bridgehead atoms. The smallest absolute Gasteiger partial charge is 0.235 e. The Bertz CT molecular complexity index is 1380. The van der Waals surface area contributed by atoms with Gasteiger partial charge in [0.1, 0.15) is 5.82 Å². The molecule has 1 aliphatic rings. The van der Waals surface area contributed by atoms with Crippen molar-refractivity contribution in [2.75, 3.05) is 16.0 Å². The fourth-order valence-corrected chi connectivity index (χ4v) is 5.01. The molecule has 0 aliphatic heterocycles. The van der Waals surface area contributed by atoms with Crippen molar-refractivity contribution in [1.29, 1.82) is 0 Å². The lowest BCUT2D eigenvalue weighted by molar-refractivity contribution is -0.121. The molecule has 0 atom stereocenters. The van der Waals surface area contributed by atoms with Crippen molar-refractivity contribution in [1.82, 2.24) is 9.97 Å². The summed E-state index contributed by atoms with van der Waals surface area (Å²) in [4.78, 5) is 22.6. The first-order valence-corrected chi connectivity index (χ1v) is 12.9. The molecular weight excluding hydrogens is 482 g/mol. The molecule has 1 aromatic heterocycles. The average Bonchev–Trinajstić information content (AvgIpc) is 3.38. The quantitative estimate of drug-likeness (QED) is 0.237. The van der Waals surface area contributed by atoms with E-state index in [1.165, 1.54) is 5.56 Å². The second kappa shape index (κ2) is 10.6. The van der Waals surface area contributed by atoms with E-state index < -0.39 is 5.41 Å². The van der Waals surface area contributed by atoms with Crippen LogP contribution in [0.2, 0.25) is 5.02 Å². The summed E-state index contributed by atoms with van der Waals surface area (Å²) in [5, 5.41) is 10.4. The molecule has 1 heterocycles. The van der Waals surface area contributed by atoms with Gasteiger partial charge < -0.3 is 16.0 Å². The molecule has 1 amide bonds. The fourth-order valence-electron chi connectivity index (χ4n) is 4.88. The Morgan fingerprint density at radius 2 is 1.38 bits per heavy atom. The predicted molar refractivity (Wildman–Crippen MR) is 151 cm³/mol. The number of carbonyl (C=O) groups is 1. The third-order valence-electron chi connectivity index (χ3n) is 6.87. The van der Waals surface area contributed by atoms with E-state index in [0.717, 1.165) is 54.0 Å². The highest BCUT2D eigenvalue weighted by Crippen LogP contribution is 2.42. The third kappa shape index (κ3) is 5.75. The van der Waals surface area contributed by atoms with Gasteiger partial charge in [-0.25, -0.2) is 4.98 Å². The van der Waals surface area contributed by atoms with Crippen LogP contribution in [0.25, 0.3) is 0 Å². The minimum atomic E-state index is -0.516. The molecule has 1 saturated carbocycles. The second-order valence-electron chi connectivity index (χ2n) is 9.66. The van der Waals surface area contributed by atoms with Crippen LogP contribution in [-0.2, 0) is 10.2 Å². The highest BCUT2D eigenvalue weighted by molar-refractivity contribution is 6.30. The molecule has 7 heteroatoms. The molecule has 6 nitrogen and oxygen atoms in total. The Hall–Kier alpha value is -3.90. The maximum Gasteiger partial charge on any atom is 0.235 e. The molecule has 1 fully saturated rings. The van der Waals surface area contributed by atoms with Crippen molar-refractivity contribution in [2.45, 2.75) is 44.9 Å². The summed E-state index contributed by atoms with van der Waals surface area (Å²) in [7, 11) is 0. The monoisotopic (exact) mass is 511 g/mol. The molecule has 0 saturated heterocycles. The van der Waals surface area contributed by atoms with Crippen LogP contribution in [0.3, 0.4) is 0 Å². The Kier molecular flexibility index (Phi) is 7.10.